The normalized spacial score (nSPS) is 16.4. The van der Waals surface area contributed by atoms with Crippen molar-refractivity contribution in [3.8, 4) is 11.1 Å². The van der Waals surface area contributed by atoms with Crippen molar-refractivity contribution < 1.29 is 24.2 Å². The number of carbonyl (C=O) groups is 3. The van der Waals surface area contributed by atoms with Gasteiger partial charge in [-0.05, 0) is 46.9 Å². The maximum absolute atomic E-state index is 12.6. The second-order valence-corrected chi connectivity index (χ2v) is 9.84. The second kappa shape index (κ2) is 10.9. The molecule has 3 N–H and O–H groups in total. The molecule has 2 aliphatic rings. The lowest BCUT2D eigenvalue weighted by atomic mass is 9.66. The Kier molecular flexibility index (Phi) is 7.73. The molecule has 1 fully saturated rings. The third-order valence-electron chi connectivity index (χ3n) is 7.43. The van der Waals surface area contributed by atoms with Gasteiger partial charge in [-0.2, -0.15) is 0 Å². The van der Waals surface area contributed by atoms with E-state index in [4.69, 9.17) is 4.74 Å². The zero-order chi connectivity index (χ0) is 24.8. The molecular weight excluding hydrogens is 444 g/mol. The van der Waals surface area contributed by atoms with Crippen LogP contribution < -0.4 is 10.6 Å². The molecule has 2 aliphatic carbocycles. The van der Waals surface area contributed by atoms with Crippen molar-refractivity contribution >= 4 is 18.0 Å². The first-order valence-electron chi connectivity index (χ1n) is 12.5. The lowest BCUT2D eigenvalue weighted by Gasteiger charge is -2.41. The molecule has 1 saturated carbocycles. The monoisotopic (exact) mass is 478 g/mol. The molecule has 0 heterocycles. The van der Waals surface area contributed by atoms with Crippen LogP contribution >= 0.6 is 0 Å². The van der Waals surface area contributed by atoms with Gasteiger partial charge < -0.3 is 20.5 Å². The van der Waals surface area contributed by atoms with Gasteiger partial charge in [-0.3, -0.25) is 9.59 Å². The van der Waals surface area contributed by atoms with E-state index in [9.17, 15) is 19.5 Å². The highest BCUT2D eigenvalue weighted by Gasteiger charge is 2.39. The Balaban J connectivity index is 1.27. The number of aliphatic carboxylic acids is 1. The van der Waals surface area contributed by atoms with Crippen LogP contribution in [0.4, 0.5) is 4.79 Å². The minimum atomic E-state index is -0.887. The quantitative estimate of drug-likeness (QED) is 0.434. The van der Waals surface area contributed by atoms with Crippen LogP contribution in [-0.4, -0.2) is 42.8 Å². The Hall–Kier alpha value is -3.35. The Morgan fingerprint density at radius 1 is 1.03 bits per heavy atom. The van der Waals surface area contributed by atoms with Crippen molar-refractivity contribution in [3.05, 3.63) is 59.7 Å². The number of carbonyl (C=O) groups excluding carboxylic acids is 2. The summed E-state index contributed by atoms with van der Waals surface area (Å²) < 4.78 is 5.62. The standard InChI is InChI=1S/C28H34N2O5/c1-2-8-19(26(32)33)16-29-25(31)15-28(13-7-14-28)18-30-27(34)35-17-24-22-11-5-3-9-20(22)21-10-4-6-12-23(21)24/h3-6,9-12,19,24H,2,7-8,13-18H2,1H3,(H,29,31)(H,30,34)(H,32,33). The summed E-state index contributed by atoms with van der Waals surface area (Å²) >= 11 is 0. The van der Waals surface area contributed by atoms with E-state index in [1.54, 1.807) is 0 Å². The minimum absolute atomic E-state index is 0.00175. The van der Waals surface area contributed by atoms with E-state index >= 15 is 0 Å². The average Bonchev–Trinajstić information content (AvgIpc) is 3.15. The molecule has 0 saturated heterocycles. The summed E-state index contributed by atoms with van der Waals surface area (Å²) in [5, 5.41) is 14.9. The highest BCUT2D eigenvalue weighted by atomic mass is 16.5. The van der Waals surface area contributed by atoms with Gasteiger partial charge in [0.15, 0.2) is 0 Å². The summed E-state index contributed by atoms with van der Waals surface area (Å²) in [4.78, 5) is 36.4. The molecule has 186 valence electrons. The summed E-state index contributed by atoms with van der Waals surface area (Å²) in [7, 11) is 0. The molecular formula is C28H34N2O5. The van der Waals surface area contributed by atoms with E-state index in [2.05, 4.69) is 34.9 Å². The summed E-state index contributed by atoms with van der Waals surface area (Å²) in [5.41, 5.74) is 4.40. The van der Waals surface area contributed by atoms with Gasteiger partial charge in [-0.15, -0.1) is 0 Å². The van der Waals surface area contributed by atoms with Gasteiger partial charge in [-0.1, -0.05) is 68.3 Å². The van der Waals surface area contributed by atoms with Gasteiger partial charge in [0, 0.05) is 25.4 Å². The highest BCUT2D eigenvalue weighted by Crippen LogP contribution is 2.45. The van der Waals surface area contributed by atoms with E-state index in [1.807, 2.05) is 31.2 Å². The molecule has 35 heavy (non-hydrogen) atoms. The fourth-order valence-corrected chi connectivity index (χ4v) is 5.30. The number of alkyl carbamates (subject to hydrolysis) is 1. The molecule has 0 radical (unpaired) electrons. The van der Waals surface area contributed by atoms with E-state index < -0.39 is 18.0 Å². The van der Waals surface area contributed by atoms with Crippen molar-refractivity contribution in [1.82, 2.24) is 10.6 Å². The van der Waals surface area contributed by atoms with Crippen LogP contribution in [0, 0.1) is 11.3 Å². The van der Waals surface area contributed by atoms with Crippen molar-refractivity contribution in [2.75, 3.05) is 19.7 Å². The van der Waals surface area contributed by atoms with E-state index in [1.165, 1.54) is 11.1 Å². The predicted molar refractivity (Wildman–Crippen MR) is 133 cm³/mol. The summed E-state index contributed by atoms with van der Waals surface area (Å²) in [5.74, 6) is -1.62. The molecule has 0 aromatic heterocycles. The molecule has 2 aromatic carbocycles. The predicted octanol–water partition coefficient (Wildman–Crippen LogP) is 4.70. The molecule has 7 nitrogen and oxygen atoms in total. The number of nitrogens with one attached hydrogen (secondary N) is 2. The maximum atomic E-state index is 12.6. The number of rotatable bonds is 11. The number of carboxylic acid groups (broad SMARTS) is 1. The van der Waals surface area contributed by atoms with Gasteiger partial charge in [-0.25, -0.2) is 4.79 Å². The number of carboxylic acids is 1. The Bertz CT molecular complexity index is 1030. The van der Waals surface area contributed by atoms with Gasteiger partial charge in [0.2, 0.25) is 5.91 Å². The molecule has 0 spiro atoms. The Morgan fingerprint density at radius 2 is 1.66 bits per heavy atom. The summed E-state index contributed by atoms with van der Waals surface area (Å²) in [6, 6.07) is 16.4. The number of benzene rings is 2. The highest BCUT2D eigenvalue weighted by molar-refractivity contribution is 5.79. The van der Waals surface area contributed by atoms with Crippen molar-refractivity contribution in [2.24, 2.45) is 11.3 Å². The van der Waals surface area contributed by atoms with Crippen LogP contribution in [-0.2, 0) is 14.3 Å². The van der Waals surface area contributed by atoms with E-state index in [0.717, 1.165) is 36.8 Å². The largest absolute Gasteiger partial charge is 0.481 e. The minimum Gasteiger partial charge on any atom is -0.481 e. The van der Waals surface area contributed by atoms with E-state index in [0.29, 0.717) is 13.0 Å². The van der Waals surface area contributed by atoms with Gasteiger partial charge in [0.1, 0.15) is 6.61 Å². The topological polar surface area (TPSA) is 105 Å². The molecule has 2 amide bonds. The molecule has 0 aliphatic heterocycles. The average molecular weight is 479 g/mol. The molecule has 0 bridgehead atoms. The van der Waals surface area contributed by atoms with Gasteiger partial charge >= 0.3 is 12.1 Å². The second-order valence-electron chi connectivity index (χ2n) is 9.84. The number of hydrogen-bond acceptors (Lipinski definition) is 4. The molecule has 1 atom stereocenters. The number of ether oxygens (including phenoxy) is 1. The smallest absolute Gasteiger partial charge is 0.407 e. The number of fused-ring (bicyclic) bond motifs is 3. The van der Waals surface area contributed by atoms with Crippen molar-refractivity contribution in [1.29, 1.82) is 0 Å². The first-order chi connectivity index (χ1) is 16.9. The van der Waals surface area contributed by atoms with Crippen LogP contribution in [0.25, 0.3) is 11.1 Å². The number of amides is 2. The fraction of sp³-hybridized carbons (Fsp3) is 0.464. The number of hydrogen-bond donors (Lipinski definition) is 3. The van der Waals surface area contributed by atoms with Crippen LogP contribution in [0.15, 0.2) is 48.5 Å². The summed E-state index contributed by atoms with van der Waals surface area (Å²) in [6.07, 6.45) is 3.78. The lowest BCUT2D eigenvalue weighted by Crippen LogP contribution is -2.46. The van der Waals surface area contributed by atoms with Gasteiger partial charge in [0.05, 0.1) is 5.92 Å². The van der Waals surface area contributed by atoms with Crippen molar-refractivity contribution in [2.45, 2.75) is 51.4 Å². The fourth-order valence-electron chi connectivity index (χ4n) is 5.30. The van der Waals surface area contributed by atoms with Crippen LogP contribution in [0.1, 0.15) is 62.5 Å². The van der Waals surface area contributed by atoms with Crippen LogP contribution in [0.2, 0.25) is 0 Å². The first kappa shape index (κ1) is 24.8. The zero-order valence-corrected chi connectivity index (χ0v) is 20.2. The summed E-state index contributed by atoms with van der Waals surface area (Å²) in [6.45, 7) is 2.68. The van der Waals surface area contributed by atoms with Gasteiger partial charge in [0.25, 0.3) is 0 Å². The van der Waals surface area contributed by atoms with Crippen LogP contribution in [0.5, 0.6) is 0 Å². The molecule has 4 rings (SSSR count). The maximum Gasteiger partial charge on any atom is 0.407 e. The molecule has 7 heteroatoms. The first-order valence-corrected chi connectivity index (χ1v) is 12.5. The zero-order valence-electron chi connectivity index (χ0n) is 20.2. The molecule has 1 unspecified atom stereocenters. The SMILES string of the molecule is CCCC(CNC(=O)CC1(CNC(=O)OCC2c3ccccc3-c3ccccc32)CCC1)C(=O)O. The Labute approximate surface area is 206 Å². The third-order valence-corrected chi connectivity index (χ3v) is 7.43. The van der Waals surface area contributed by atoms with E-state index in [-0.39, 0.29) is 36.8 Å². The lowest BCUT2D eigenvalue weighted by molar-refractivity contribution is -0.142. The third kappa shape index (κ3) is 5.66. The Morgan fingerprint density at radius 3 is 2.20 bits per heavy atom. The molecule has 2 aromatic rings. The van der Waals surface area contributed by atoms with Crippen LogP contribution in [0.3, 0.4) is 0 Å². The van der Waals surface area contributed by atoms with Crippen molar-refractivity contribution in [3.63, 3.8) is 0 Å².